The van der Waals surface area contributed by atoms with Crippen molar-refractivity contribution in [2.24, 2.45) is 7.05 Å². The van der Waals surface area contributed by atoms with Gasteiger partial charge in [-0.3, -0.25) is 9.69 Å². The molecule has 1 amide bonds. The molecule has 118 valence electrons. The van der Waals surface area contributed by atoms with Crippen LogP contribution in [-0.2, 0) is 18.3 Å². The van der Waals surface area contributed by atoms with E-state index < -0.39 is 0 Å². The molecule has 1 saturated heterocycles. The zero-order valence-electron chi connectivity index (χ0n) is 13.1. The summed E-state index contributed by atoms with van der Waals surface area (Å²) in [6.45, 7) is 5.58. The number of hydrogen-bond donors (Lipinski definition) is 0. The van der Waals surface area contributed by atoms with E-state index in [0.29, 0.717) is 6.42 Å². The van der Waals surface area contributed by atoms with Gasteiger partial charge in [0.2, 0.25) is 5.91 Å². The van der Waals surface area contributed by atoms with Crippen LogP contribution in [0.25, 0.3) is 0 Å². The average molecular weight is 318 g/mol. The Morgan fingerprint density at radius 1 is 1.45 bits per heavy atom. The highest BCUT2D eigenvalue weighted by atomic mass is 32.1. The summed E-state index contributed by atoms with van der Waals surface area (Å²) in [5, 5.41) is 2.02. The molecule has 0 bridgehead atoms. The zero-order valence-corrected chi connectivity index (χ0v) is 13.9. The second-order valence-electron chi connectivity index (χ2n) is 5.64. The number of hydrogen-bond acceptors (Lipinski definition) is 4. The second kappa shape index (κ2) is 6.62. The molecule has 0 unspecified atom stereocenters. The minimum atomic E-state index is 0.186. The third-order valence-corrected chi connectivity index (χ3v) is 5.19. The van der Waals surface area contributed by atoms with Crippen LogP contribution < -0.4 is 0 Å². The Labute approximate surface area is 135 Å². The Kier molecular flexibility index (Phi) is 4.59. The topological polar surface area (TPSA) is 41.4 Å². The number of piperazine rings is 1. The van der Waals surface area contributed by atoms with Gasteiger partial charge >= 0.3 is 0 Å². The summed E-state index contributed by atoms with van der Waals surface area (Å²) in [6.07, 6.45) is 4.31. The normalized spacial score (nSPS) is 19.5. The second-order valence-corrected chi connectivity index (χ2v) is 6.67. The number of thiophene rings is 1. The third kappa shape index (κ3) is 3.08. The molecule has 6 heteroatoms. The fourth-order valence-electron chi connectivity index (χ4n) is 3.04. The molecule has 3 rings (SSSR count). The SMILES string of the molecule is CCN1CCN(C(=O)Cc2cccs2)C[C@@H]1c1nccn1C. The van der Waals surface area contributed by atoms with Gasteiger partial charge < -0.3 is 9.47 Å². The van der Waals surface area contributed by atoms with E-state index in [9.17, 15) is 4.79 Å². The molecule has 5 nitrogen and oxygen atoms in total. The summed E-state index contributed by atoms with van der Waals surface area (Å²) in [6, 6.07) is 4.21. The first-order valence-electron chi connectivity index (χ1n) is 7.70. The lowest BCUT2D eigenvalue weighted by atomic mass is 10.1. The Morgan fingerprint density at radius 3 is 2.95 bits per heavy atom. The van der Waals surface area contributed by atoms with E-state index in [1.165, 1.54) is 0 Å². The van der Waals surface area contributed by atoms with Crippen molar-refractivity contribution in [1.29, 1.82) is 0 Å². The highest BCUT2D eigenvalue weighted by Gasteiger charge is 2.31. The summed E-state index contributed by atoms with van der Waals surface area (Å²) < 4.78 is 2.06. The first kappa shape index (κ1) is 15.2. The van der Waals surface area contributed by atoms with Crippen molar-refractivity contribution in [3.63, 3.8) is 0 Å². The number of carbonyl (C=O) groups excluding carboxylic acids is 1. The minimum Gasteiger partial charge on any atom is -0.339 e. The Bertz CT molecular complexity index is 622. The summed E-state index contributed by atoms with van der Waals surface area (Å²) in [7, 11) is 2.02. The van der Waals surface area contributed by atoms with E-state index in [2.05, 4.69) is 21.4 Å². The number of aryl methyl sites for hydroxylation is 1. The molecule has 1 fully saturated rings. The van der Waals surface area contributed by atoms with Crippen LogP contribution in [0.15, 0.2) is 29.9 Å². The predicted molar refractivity (Wildman–Crippen MR) is 87.8 cm³/mol. The van der Waals surface area contributed by atoms with Gasteiger partial charge in [-0.2, -0.15) is 0 Å². The number of nitrogens with zero attached hydrogens (tertiary/aromatic N) is 4. The maximum absolute atomic E-state index is 12.5. The van der Waals surface area contributed by atoms with Crippen LogP contribution in [0.1, 0.15) is 23.7 Å². The summed E-state index contributed by atoms with van der Waals surface area (Å²) >= 11 is 1.65. The number of imidazole rings is 1. The van der Waals surface area contributed by atoms with Crippen molar-refractivity contribution >= 4 is 17.2 Å². The first-order valence-corrected chi connectivity index (χ1v) is 8.58. The molecule has 0 N–H and O–H groups in total. The van der Waals surface area contributed by atoms with Gasteiger partial charge in [0.15, 0.2) is 0 Å². The monoisotopic (exact) mass is 318 g/mol. The smallest absolute Gasteiger partial charge is 0.227 e. The van der Waals surface area contributed by atoms with Crippen LogP contribution in [0.3, 0.4) is 0 Å². The largest absolute Gasteiger partial charge is 0.339 e. The lowest BCUT2D eigenvalue weighted by Gasteiger charge is -2.40. The lowest BCUT2D eigenvalue weighted by Crippen LogP contribution is -2.51. The van der Waals surface area contributed by atoms with Gasteiger partial charge in [0.25, 0.3) is 0 Å². The van der Waals surface area contributed by atoms with Gasteiger partial charge in [0, 0.05) is 44.0 Å². The van der Waals surface area contributed by atoms with Crippen LogP contribution >= 0.6 is 11.3 Å². The highest BCUT2D eigenvalue weighted by Crippen LogP contribution is 2.24. The van der Waals surface area contributed by atoms with Crippen molar-refractivity contribution in [2.45, 2.75) is 19.4 Å². The summed E-state index contributed by atoms with van der Waals surface area (Å²) in [5.41, 5.74) is 0. The fourth-order valence-corrected chi connectivity index (χ4v) is 3.74. The lowest BCUT2D eigenvalue weighted by molar-refractivity contribution is -0.133. The van der Waals surface area contributed by atoms with Gasteiger partial charge in [-0.15, -0.1) is 11.3 Å². The predicted octanol–water partition coefficient (Wildman–Crippen LogP) is 1.93. The van der Waals surface area contributed by atoms with Gasteiger partial charge in [0.1, 0.15) is 5.82 Å². The number of carbonyl (C=O) groups is 1. The van der Waals surface area contributed by atoms with Gasteiger partial charge in [-0.1, -0.05) is 13.0 Å². The molecular formula is C16H22N4OS. The summed E-state index contributed by atoms with van der Waals surface area (Å²) in [5.74, 6) is 1.26. The Hall–Kier alpha value is -1.66. The molecule has 2 aromatic heterocycles. The van der Waals surface area contributed by atoms with Crippen molar-refractivity contribution < 1.29 is 4.79 Å². The Balaban J connectivity index is 1.73. The molecule has 0 aromatic carbocycles. The van der Waals surface area contributed by atoms with Crippen LogP contribution in [0.2, 0.25) is 0 Å². The van der Waals surface area contributed by atoms with E-state index in [1.54, 1.807) is 11.3 Å². The number of likely N-dealkylation sites (N-methyl/N-ethyl adjacent to an activating group) is 1. The first-order chi connectivity index (χ1) is 10.7. The van der Waals surface area contributed by atoms with Crippen molar-refractivity contribution in [2.75, 3.05) is 26.2 Å². The standard InChI is InChI=1S/C16H22N4OS/c1-3-19-8-9-20(15(21)11-13-5-4-10-22-13)12-14(19)16-17-6-7-18(16)2/h4-7,10,14H,3,8-9,11-12H2,1-2H3/t14-/m1/s1. The molecule has 1 aliphatic rings. The quantitative estimate of drug-likeness (QED) is 0.865. The highest BCUT2D eigenvalue weighted by molar-refractivity contribution is 7.10. The number of rotatable bonds is 4. The maximum atomic E-state index is 12.5. The van der Waals surface area contributed by atoms with E-state index >= 15 is 0 Å². The van der Waals surface area contributed by atoms with E-state index in [1.807, 2.05) is 41.9 Å². The molecular weight excluding hydrogens is 296 g/mol. The maximum Gasteiger partial charge on any atom is 0.227 e. The van der Waals surface area contributed by atoms with E-state index in [-0.39, 0.29) is 11.9 Å². The zero-order chi connectivity index (χ0) is 15.5. The molecule has 1 atom stereocenters. The van der Waals surface area contributed by atoms with Crippen LogP contribution in [0.5, 0.6) is 0 Å². The molecule has 0 aliphatic carbocycles. The van der Waals surface area contributed by atoms with Crippen molar-refractivity contribution in [3.8, 4) is 0 Å². The molecule has 0 spiro atoms. The molecule has 1 aliphatic heterocycles. The van der Waals surface area contributed by atoms with Gasteiger partial charge in [0.05, 0.1) is 12.5 Å². The Morgan fingerprint density at radius 2 is 2.32 bits per heavy atom. The molecule has 0 radical (unpaired) electrons. The third-order valence-electron chi connectivity index (χ3n) is 4.31. The molecule has 2 aromatic rings. The van der Waals surface area contributed by atoms with Crippen molar-refractivity contribution in [1.82, 2.24) is 19.4 Å². The van der Waals surface area contributed by atoms with Crippen LogP contribution in [0.4, 0.5) is 0 Å². The van der Waals surface area contributed by atoms with Gasteiger partial charge in [-0.05, 0) is 18.0 Å². The van der Waals surface area contributed by atoms with Gasteiger partial charge in [-0.25, -0.2) is 4.98 Å². The average Bonchev–Trinajstić information content (AvgIpc) is 3.18. The number of amides is 1. The molecule has 0 saturated carbocycles. The van der Waals surface area contributed by atoms with E-state index in [0.717, 1.165) is 36.9 Å². The van der Waals surface area contributed by atoms with E-state index in [4.69, 9.17) is 0 Å². The number of aromatic nitrogens is 2. The molecule has 22 heavy (non-hydrogen) atoms. The molecule has 3 heterocycles. The van der Waals surface area contributed by atoms with Crippen molar-refractivity contribution in [3.05, 3.63) is 40.6 Å². The van der Waals surface area contributed by atoms with Crippen LogP contribution in [0, 0.1) is 0 Å². The fraction of sp³-hybridized carbons (Fsp3) is 0.500. The minimum absolute atomic E-state index is 0.186. The van der Waals surface area contributed by atoms with Crippen LogP contribution in [-0.4, -0.2) is 51.4 Å². The summed E-state index contributed by atoms with van der Waals surface area (Å²) in [4.78, 5) is 22.6.